The van der Waals surface area contributed by atoms with E-state index in [2.05, 4.69) is 52.9 Å². The van der Waals surface area contributed by atoms with Crippen molar-refractivity contribution in [3.63, 3.8) is 0 Å². The number of nitrogens with one attached hydrogen (secondary N) is 1. The number of benzene rings is 3. The third kappa shape index (κ3) is 4.09. The van der Waals surface area contributed by atoms with E-state index >= 15 is 0 Å². The first-order valence-corrected chi connectivity index (χ1v) is 12.8. The number of carbonyl (C=O) groups excluding carboxylic acids is 1. The van der Waals surface area contributed by atoms with Crippen LogP contribution in [0.3, 0.4) is 0 Å². The molecular weight excluding hydrogens is 434 g/mol. The van der Waals surface area contributed by atoms with Crippen LogP contribution in [0.2, 0.25) is 0 Å². The molecule has 0 aromatic heterocycles. The maximum absolute atomic E-state index is 12.8. The predicted molar refractivity (Wildman–Crippen MR) is 136 cm³/mol. The molecule has 2 heterocycles. The summed E-state index contributed by atoms with van der Waals surface area (Å²) in [7, 11) is -0.551. The normalized spacial score (nSPS) is 19.7. The third-order valence-electron chi connectivity index (χ3n) is 5.74. The van der Waals surface area contributed by atoms with E-state index in [1.807, 2.05) is 42.5 Å². The van der Waals surface area contributed by atoms with Gasteiger partial charge in [-0.2, -0.15) is 0 Å². The van der Waals surface area contributed by atoms with E-state index in [1.54, 1.807) is 11.8 Å². The van der Waals surface area contributed by atoms with E-state index in [1.165, 1.54) is 11.3 Å². The highest BCUT2D eigenvalue weighted by Crippen LogP contribution is 2.31. The topological polar surface area (TPSA) is 44.7 Å². The lowest BCUT2D eigenvalue weighted by Gasteiger charge is -2.35. The number of nitrogens with zero attached hydrogens (tertiary/aromatic N) is 2. The van der Waals surface area contributed by atoms with Crippen LogP contribution >= 0.6 is 11.8 Å². The lowest BCUT2D eigenvalue weighted by atomic mass is 10.1. The van der Waals surface area contributed by atoms with Crippen LogP contribution in [0.15, 0.2) is 88.8 Å². The van der Waals surface area contributed by atoms with Crippen molar-refractivity contribution in [2.75, 3.05) is 10.8 Å². The molecule has 0 fully saturated rings. The summed E-state index contributed by atoms with van der Waals surface area (Å²) in [6, 6.07) is 26.2. The van der Waals surface area contributed by atoms with Gasteiger partial charge < -0.3 is 20.1 Å². The number of amides is 1. The van der Waals surface area contributed by atoms with Crippen molar-refractivity contribution in [1.29, 1.82) is 0 Å². The number of aliphatic imine (C=N–C) groups is 1. The number of rotatable bonds is 3. The molecule has 0 saturated carbocycles. The van der Waals surface area contributed by atoms with Gasteiger partial charge in [-0.1, -0.05) is 72.8 Å². The number of fused-ring (bicyclic) bond motifs is 1. The second kappa shape index (κ2) is 8.91. The Bertz CT molecular complexity index is 1250. The first-order valence-electron chi connectivity index (χ1n) is 10.6. The van der Waals surface area contributed by atoms with Crippen LogP contribution in [0, 0.1) is 5.69 Å². The molecule has 2 aliphatic heterocycles. The monoisotopic (exact) mass is 458 g/mol. The number of anilines is 1. The molecule has 5 rings (SSSR count). The first kappa shape index (κ1) is 21.0. The van der Waals surface area contributed by atoms with Crippen molar-refractivity contribution >= 4 is 39.6 Å². The summed E-state index contributed by atoms with van der Waals surface area (Å²) in [5, 5.41) is 3.27. The number of hydrogen-bond acceptors (Lipinski definition) is 5. The quantitative estimate of drug-likeness (QED) is 0.570. The molecule has 4 nitrogen and oxygen atoms in total. The number of para-hydroxylation sites is 1. The van der Waals surface area contributed by atoms with Gasteiger partial charge in [0.2, 0.25) is 0 Å². The van der Waals surface area contributed by atoms with Crippen molar-refractivity contribution in [3.05, 3.63) is 95.6 Å². The molecule has 0 spiro atoms. The van der Waals surface area contributed by atoms with Gasteiger partial charge in [-0.05, 0) is 30.5 Å². The van der Waals surface area contributed by atoms with E-state index < -0.39 is 10.5 Å². The van der Waals surface area contributed by atoms with Gasteiger partial charge >= 0.3 is 0 Å². The molecule has 0 radical (unpaired) electrons. The summed E-state index contributed by atoms with van der Waals surface area (Å²) in [6.45, 7) is 3.04. The molecule has 3 aromatic carbocycles. The fourth-order valence-corrected chi connectivity index (χ4v) is 6.49. The Balaban J connectivity index is 1.26. The second-order valence-electron chi connectivity index (χ2n) is 7.80. The molecular formula is C26H24N3OS2-. The molecule has 6 heteroatoms. The Morgan fingerprint density at radius 3 is 2.56 bits per heavy atom. The van der Waals surface area contributed by atoms with Gasteiger partial charge in [0.1, 0.15) is 0 Å². The minimum Gasteiger partial charge on any atom is -0.459 e. The molecule has 0 bridgehead atoms. The number of hydrogen-bond donors (Lipinski definition) is 1. The molecule has 1 amide bonds. The summed E-state index contributed by atoms with van der Waals surface area (Å²) in [5.74, 6) is -0.122. The standard InChI is InChI=1S/C26H24N3OS2/c1-18-24(20-9-4-3-5-10-20)27-26(31-18)28-25(30)21-12-14-22(15-13-21)32(2)29-17-16-19-8-6-7-11-23(19)29/h2-15,18,26H,16-17H2,1H3,(H,28,30)/q-1. The van der Waals surface area contributed by atoms with Gasteiger partial charge in [-0.25, -0.2) is 0 Å². The van der Waals surface area contributed by atoms with Crippen molar-refractivity contribution in [1.82, 2.24) is 5.32 Å². The van der Waals surface area contributed by atoms with Gasteiger partial charge in [0.25, 0.3) is 5.91 Å². The Hall–Kier alpha value is -2.92. The molecule has 0 aliphatic carbocycles. The summed E-state index contributed by atoms with van der Waals surface area (Å²) < 4.78 is 2.25. The molecule has 0 saturated heterocycles. The molecule has 2 unspecified atom stereocenters. The Morgan fingerprint density at radius 1 is 1.06 bits per heavy atom. The zero-order valence-corrected chi connectivity index (χ0v) is 19.4. The maximum Gasteiger partial charge on any atom is 0.253 e. The molecule has 1 N–H and O–H groups in total. The van der Waals surface area contributed by atoms with Crippen molar-refractivity contribution in [2.24, 2.45) is 4.99 Å². The molecule has 32 heavy (non-hydrogen) atoms. The summed E-state index contributed by atoms with van der Waals surface area (Å²) in [6.07, 6.45) is 1.01. The highest BCUT2D eigenvalue weighted by molar-refractivity contribution is 8.01. The second-order valence-corrected chi connectivity index (χ2v) is 10.8. The Morgan fingerprint density at radius 2 is 1.78 bits per heavy atom. The van der Waals surface area contributed by atoms with Gasteiger partial charge in [0.15, 0.2) is 5.50 Å². The van der Waals surface area contributed by atoms with Crippen molar-refractivity contribution in [2.45, 2.75) is 29.0 Å². The highest BCUT2D eigenvalue weighted by atomic mass is 32.2. The van der Waals surface area contributed by atoms with Crippen LogP contribution in [-0.4, -0.2) is 28.9 Å². The number of thioether (sulfide) groups is 1. The fraction of sp³-hybridized carbons (Fsp3) is 0.192. The third-order valence-corrected chi connectivity index (χ3v) is 8.46. The maximum atomic E-state index is 12.8. The van der Waals surface area contributed by atoms with E-state index in [0.29, 0.717) is 5.56 Å². The van der Waals surface area contributed by atoms with Crippen LogP contribution in [0.1, 0.15) is 28.4 Å². The summed E-state index contributed by atoms with van der Waals surface area (Å²) in [5.41, 5.74) is 11.6. The van der Waals surface area contributed by atoms with Gasteiger partial charge in [-0.3, -0.25) is 15.5 Å². The number of carbonyl (C=O) groups is 1. The highest BCUT2D eigenvalue weighted by Gasteiger charge is 2.27. The van der Waals surface area contributed by atoms with Crippen LogP contribution < -0.4 is 9.62 Å². The smallest absolute Gasteiger partial charge is 0.253 e. The Labute approximate surface area is 195 Å². The van der Waals surface area contributed by atoms with Crippen LogP contribution in [0.4, 0.5) is 5.69 Å². The van der Waals surface area contributed by atoms with Crippen molar-refractivity contribution < 1.29 is 4.79 Å². The van der Waals surface area contributed by atoms with Gasteiger partial charge in [0.05, 0.1) is 5.71 Å². The first-order chi connectivity index (χ1) is 15.6. The fourth-order valence-electron chi connectivity index (χ4n) is 4.08. The average molecular weight is 459 g/mol. The summed E-state index contributed by atoms with van der Waals surface area (Å²) >= 11 is 1.65. The SMILES string of the molecule is C#[S-](c1ccc(C(=O)NC2N=C(c3ccccc3)C(C)S2)cc1)N1CCc2ccccc21. The van der Waals surface area contributed by atoms with Crippen molar-refractivity contribution in [3.8, 4) is 5.69 Å². The lowest BCUT2D eigenvalue weighted by Crippen LogP contribution is -2.30. The van der Waals surface area contributed by atoms with E-state index in [0.717, 1.165) is 29.1 Å². The minimum absolute atomic E-state index is 0.122. The van der Waals surface area contributed by atoms with E-state index in [9.17, 15) is 4.79 Å². The van der Waals surface area contributed by atoms with Crippen LogP contribution in [0.5, 0.6) is 0 Å². The van der Waals surface area contributed by atoms with Gasteiger partial charge in [0, 0.05) is 23.0 Å². The summed E-state index contributed by atoms with van der Waals surface area (Å²) in [4.78, 5) is 18.6. The van der Waals surface area contributed by atoms with Crippen LogP contribution in [-0.2, 0) is 16.9 Å². The average Bonchev–Trinajstić information content (AvgIpc) is 3.42. The van der Waals surface area contributed by atoms with E-state index in [4.69, 9.17) is 10.7 Å². The Kier molecular flexibility index (Phi) is 5.83. The largest absolute Gasteiger partial charge is 0.459 e. The van der Waals surface area contributed by atoms with E-state index in [-0.39, 0.29) is 16.7 Å². The molecule has 2 atom stereocenters. The van der Waals surface area contributed by atoms with Gasteiger partial charge in [-0.15, -0.1) is 16.7 Å². The molecule has 3 aromatic rings. The zero-order chi connectivity index (χ0) is 22.1. The molecule has 2 aliphatic rings. The predicted octanol–water partition coefficient (Wildman–Crippen LogP) is 4.87. The van der Waals surface area contributed by atoms with Crippen LogP contribution in [0.25, 0.3) is 0 Å². The zero-order valence-electron chi connectivity index (χ0n) is 17.8. The minimum atomic E-state index is -0.551. The molecule has 162 valence electrons. The lowest BCUT2D eigenvalue weighted by molar-refractivity contribution is 0.0951.